The number of halogens is 1. The van der Waals surface area contributed by atoms with Crippen LogP contribution in [0.1, 0.15) is 61.5 Å². The third-order valence-electron chi connectivity index (χ3n) is 9.31. The normalized spacial score (nSPS) is 18.0. The van der Waals surface area contributed by atoms with E-state index in [0.29, 0.717) is 47.1 Å². The molecule has 2 aliphatic heterocycles. The number of ether oxygens (including phenoxy) is 1. The van der Waals surface area contributed by atoms with Gasteiger partial charge in [-0.05, 0) is 80.3 Å². The maximum absolute atomic E-state index is 14.2. The number of fused-ring (bicyclic) bond motifs is 1. The molecule has 1 atom stereocenters. The number of benzene rings is 2. The van der Waals surface area contributed by atoms with Crippen molar-refractivity contribution in [2.45, 2.75) is 52.0 Å². The van der Waals surface area contributed by atoms with Crippen LogP contribution in [0.25, 0.3) is 22.2 Å². The second-order valence-electron chi connectivity index (χ2n) is 13.1. The van der Waals surface area contributed by atoms with Gasteiger partial charge in [0.15, 0.2) is 0 Å². The van der Waals surface area contributed by atoms with Crippen LogP contribution in [0.3, 0.4) is 0 Å². The van der Waals surface area contributed by atoms with Crippen molar-refractivity contribution in [1.82, 2.24) is 34.3 Å². The first-order valence-corrected chi connectivity index (χ1v) is 17.6. The van der Waals surface area contributed by atoms with Crippen LogP contribution in [0.4, 0.5) is 4.39 Å². The molecule has 2 N–H and O–H groups in total. The highest BCUT2D eigenvalue weighted by Gasteiger charge is 2.29. The van der Waals surface area contributed by atoms with Gasteiger partial charge in [-0.3, -0.25) is 9.23 Å². The Morgan fingerprint density at radius 2 is 1.85 bits per heavy atom. The number of esters is 1. The minimum atomic E-state index is -2.06. The molecule has 4 aromatic rings. The van der Waals surface area contributed by atoms with E-state index in [1.54, 1.807) is 15.2 Å². The molecule has 0 amide bonds. The van der Waals surface area contributed by atoms with E-state index in [4.69, 9.17) is 4.74 Å². The number of hydrogen-bond acceptors (Lipinski definition) is 7. The fraction of sp³-hybridized carbons (Fsp3) is 0.500. The Balaban J connectivity index is 1.02. The Morgan fingerprint density at radius 1 is 1.11 bits per heavy atom. The van der Waals surface area contributed by atoms with E-state index in [0.717, 1.165) is 58.4 Å². The zero-order valence-corrected chi connectivity index (χ0v) is 27.9. The zero-order valence-electron chi connectivity index (χ0n) is 27.1. The number of H-pyrrole nitrogens is 1. The number of likely N-dealkylation sites (tertiary alicyclic amines) is 1. The van der Waals surface area contributed by atoms with E-state index in [-0.39, 0.29) is 18.2 Å². The number of nitrogens with one attached hydrogen (secondary N) is 1. The van der Waals surface area contributed by atoms with Crippen molar-refractivity contribution in [3.05, 3.63) is 71.8 Å². The summed E-state index contributed by atoms with van der Waals surface area (Å²) in [5.41, 5.74) is 3.18. The lowest BCUT2D eigenvalue weighted by atomic mass is 9.90. The molecule has 2 aromatic heterocycles. The number of carbonyl (C=O) groups excluding carboxylic acids is 1. The summed E-state index contributed by atoms with van der Waals surface area (Å²) in [6, 6.07) is 14.9. The van der Waals surface area contributed by atoms with Gasteiger partial charge in [0.25, 0.3) is 0 Å². The smallest absolute Gasteiger partial charge is 0.355 e. The van der Waals surface area contributed by atoms with E-state index in [1.807, 2.05) is 31.1 Å². The summed E-state index contributed by atoms with van der Waals surface area (Å²) in [7, 11) is 0. The molecule has 252 valence electrons. The lowest BCUT2D eigenvalue weighted by Gasteiger charge is -2.39. The zero-order chi connectivity index (χ0) is 32.9. The molecule has 0 aliphatic carbocycles. The Labute approximate surface area is 277 Å². The molecule has 47 heavy (non-hydrogen) atoms. The average molecular weight is 666 g/mol. The van der Waals surface area contributed by atoms with Crippen molar-refractivity contribution < 1.29 is 22.7 Å². The van der Waals surface area contributed by atoms with Crippen LogP contribution in [0.5, 0.6) is 0 Å². The Hall–Kier alpha value is -3.49. The van der Waals surface area contributed by atoms with Crippen LogP contribution in [0.15, 0.2) is 54.7 Å². The summed E-state index contributed by atoms with van der Waals surface area (Å²) in [4.78, 5) is 18.5. The first kappa shape index (κ1) is 33.4. The van der Waals surface area contributed by atoms with E-state index >= 15 is 0 Å². The van der Waals surface area contributed by atoms with Gasteiger partial charge in [0.1, 0.15) is 17.2 Å². The van der Waals surface area contributed by atoms with Crippen molar-refractivity contribution in [2.24, 2.45) is 11.8 Å². The summed E-state index contributed by atoms with van der Waals surface area (Å²) in [6.07, 6.45) is 5.67. The standard InChI is InChI=1S/C34H44FN7O4S/c1-24(2)23-46-34(43)33-32(29-20-28(35)8-9-30(29)36-33)31-22-40(38-37-31)21-25-10-14-39(15-11-25)18-19-42(47(44)45)41-16-12-27(13-17-41)26-6-4-3-5-7-26/h3-9,20,22,24-25,27,36H,10-19,21,23H2,1-2H3,(H,44,45). The number of aromatic nitrogens is 4. The van der Waals surface area contributed by atoms with Gasteiger partial charge in [-0.15, -0.1) is 9.51 Å². The maximum Gasteiger partial charge on any atom is 0.355 e. The van der Waals surface area contributed by atoms with Gasteiger partial charge in [-0.2, -0.15) is 0 Å². The fourth-order valence-electron chi connectivity index (χ4n) is 6.75. The van der Waals surface area contributed by atoms with Gasteiger partial charge in [-0.25, -0.2) is 18.4 Å². The summed E-state index contributed by atoms with van der Waals surface area (Å²) >= 11 is -2.06. The summed E-state index contributed by atoms with van der Waals surface area (Å²) in [5.74, 6) is 0.140. The van der Waals surface area contributed by atoms with Gasteiger partial charge in [-0.1, -0.05) is 49.4 Å². The summed E-state index contributed by atoms with van der Waals surface area (Å²) in [5, 5.41) is 11.3. The molecule has 1 unspecified atom stereocenters. The highest BCUT2D eigenvalue weighted by Crippen LogP contribution is 2.33. The topological polar surface area (TPSA) is 120 Å². The monoisotopic (exact) mass is 665 g/mol. The van der Waals surface area contributed by atoms with Crippen molar-refractivity contribution in [1.29, 1.82) is 0 Å². The molecule has 13 heteroatoms. The van der Waals surface area contributed by atoms with Gasteiger partial charge >= 0.3 is 5.97 Å². The fourth-order valence-corrected chi connectivity index (χ4v) is 7.35. The van der Waals surface area contributed by atoms with Crippen LogP contribution in [0, 0.1) is 17.7 Å². The minimum absolute atomic E-state index is 0.178. The van der Waals surface area contributed by atoms with Gasteiger partial charge < -0.3 is 14.6 Å². The Morgan fingerprint density at radius 3 is 2.55 bits per heavy atom. The minimum Gasteiger partial charge on any atom is -0.461 e. The molecule has 0 saturated carbocycles. The molecule has 2 aromatic carbocycles. The quantitative estimate of drug-likeness (QED) is 0.154. The van der Waals surface area contributed by atoms with Gasteiger partial charge in [0, 0.05) is 49.2 Å². The number of rotatable bonds is 12. The SMILES string of the molecule is CC(C)COC(=O)c1[nH]c2ccc(F)cc2c1-c1cn(CC2CCN(CCN(N3CCC(c4ccccc4)CC3)S(=O)O)CC2)nn1. The van der Waals surface area contributed by atoms with Crippen LogP contribution < -0.4 is 0 Å². The second-order valence-corrected chi connectivity index (χ2v) is 14.0. The molecule has 11 nitrogen and oxygen atoms in total. The van der Waals surface area contributed by atoms with Crippen molar-refractivity contribution in [3.8, 4) is 11.3 Å². The van der Waals surface area contributed by atoms with Crippen molar-refractivity contribution >= 4 is 28.1 Å². The first-order chi connectivity index (χ1) is 22.7. The number of hydrogen-bond donors (Lipinski definition) is 2. The molecular formula is C34H44FN7O4S. The van der Waals surface area contributed by atoms with Crippen LogP contribution >= 0.6 is 0 Å². The number of piperidine rings is 2. The average Bonchev–Trinajstić information content (AvgIpc) is 3.69. The van der Waals surface area contributed by atoms with Crippen LogP contribution in [-0.2, 0) is 22.5 Å². The molecule has 0 bridgehead atoms. The van der Waals surface area contributed by atoms with E-state index < -0.39 is 23.1 Å². The Bertz CT molecular complexity index is 1660. The van der Waals surface area contributed by atoms with Crippen molar-refractivity contribution in [2.75, 3.05) is 45.9 Å². The summed E-state index contributed by atoms with van der Waals surface area (Å²) < 4.78 is 45.5. The molecule has 2 aliphatic rings. The second kappa shape index (κ2) is 15.2. The third kappa shape index (κ3) is 8.15. The summed E-state index contributed by atoms with van der Waals surface area (Å²) in [6.45, 7) is 9.42. The number of nitrogens with zero attached hydrogens (tertiary/aromatic N) is 6. The largest absolute Gasteiger partial charge is 0.461 e. The predicted octanol–water partition coefficient (Wildman–Crippen LogP) is 5.32. The molecule has 0 radical (unpaired) electrons. The number of hydrazine groups is 1. The molecule has 2 fully saturated rings. The van der Waals surface area contributed by atoms with Crippen LogP contribution in [-0.4, -0.2) is 94.9 Å². The van der Waals surface area contributed by atoms with Crippen LogP contribution in [0.2, 0.25) is 0 Å². The highest BCUT2D eigenvalue weighted by atomic mass is 32.2. The first-order valence-electron chi connectivity index (χ1n) is 16.5. The van der Waals surface area contributed by atoms with Gasteiger partial charge in [0.2, 0.25) is 11.3 Å². The molecular weight excluding hydrogens is 621 g/mol. The number of aromatic amines is 1. The third-order valence-corrected chi connectivity index (χ3v) is 10.1. The lowest BCUT2D eigenvalue weighted by Crippen LogP contribution is -2.50. The molecule has 4 heterocycles. The Kier molecular flexibility index (Phi) is 10.8. The predicted molar refractivity (Wildman–Crippen MR) is 179 cm³/mol. The van der Waals surface area contributed by atoms with Crippen molar-refractivity contribution in [3.63, 3.8) is 0 Å². The lowest BCUT2D eigenvalue weighted by molar-refractivity contribution is 0.0218. The van der Waals surface area contributed by atoms with E-state index in [1.165, 1.54) is 17.7 Å². The number of carbonyl (C=O) groups is 1. The molecule has 2 saturated heterocycles. The molecule has 6 rings (SSSR count). The van der Waals surface area contributed by atoms with E-state index in [2.05, 4.69) is 44.5 Å². The maximum atomic E-state index is 14.2. The van der Waals surface area contributed by atoms with E-state index in [9.17, 15) is 17.9 Å². The molecule has 0 spiro atoms. The highest BCUT2D eigenvalue weighted by molar-refractivity contribution is 7.76. The van der Waals surface area contributed by atoms with Gasteiger partial charge in [0.05, 0.1) is 12.8 Å².